The summed E-state index contributed by atoms with van der Waals surface area (Å²) in [5, 5.41) is 8.96. The van der Waals surface area contributed by atoms with Gasteiger partial charge in [-0.25, -0.2) is 0 Å². The molecule has 26 heavy (non-hydrogen) atoms. The zero-order chi connectivity index (χ0) is 18.1. The molecule has 1 aliphatic carbocycles. The first-order chi connectivity index (χ1) is 12.6. The molecule has 0 saturated carbocycles. The Kier molecular flexibility index (Phi) is 5.03. The van der Waals surface area contributed by atoms with Crippen molar-refractivity contribution in [1.82, 2.24) is 10.6 Å². The molecule has 0 spiro atoms. The minimum atomic E-state index is 0.0879. The number of allylic oxidation sites excluding steroid dienone is 1. The number of benzene rings is 2. The van der Waals surface area contributed by atoms with E-state index in [2.05, 4.69) is 28.8 Å². The van der Waals surface area contributed by atoms with Crippen LogP contribution in [0.2, 0.25) is 10.0 Å². The summed E-state index contributed by atoms with van der Waals surface area (Å²) in [4.78, 5) is 0. The lowest BCUT2D eigenvalue weighted by molar-refractivity contribution is 0.609. The molecule has 2 N–H and O–H groups in total. The van der Waals surface area contributed by atoms with Gasteiger partial charge in [-0.1, -0.05) is 47.5 Å². The van der Waals surface area contributed by atoms with Gasteiger partial charge in [0.1, 0.15) is 0 Å². The van der Waals surface area contributed by atoms with Crippen molar-refractivity contribution >= 4 is 46.6 Å². The minimum Gasteiger partial charge on any atom is -0.352 e. The summed E-state index contributed by atoms with van der Waals surface area (Å²) in [6.07, 6.45) is 5.43. The fraction of sp³-hybridized carbons (Fsp3) is 0.190. The van der Waals surface area contributed by atoms with Gasteiger partial charge in [0.2, 0.25) is 0 Å². The number of rotatable bonds is 2. The molecule has 0 radical (unpaired) electrons. The van der Waals surface area contributed by atoms with Crippen molar-refractivity contribution in [3.63, 3.8) is 0 Å². The van der Waals surface area contributed by atoms with Gasteiger partial charge in [0.05, 0.1) is 6.04 Å². The molecule has 132 valence electrons. The molecule has 2 aromatic rings. The van der Waals surface area contributed by atoms with Gasteiger partial charge in [0, 0.05) is 15.7 Å². The minimum absolute atomic E-state index is 0.0879. The van der Waals surface area contributed by atoms with Gasteiger partial charge in [-0.15, -0.1) is 0 Å². The highest BCUT2D eigenvalue weighted by Gasteiger charge is 2.30. The van der Waals surface area contributed by atoms with Crippen molar-refractivity contribution in [3.8, 4) is 0 Å². The van der Waals surface area contributed by atoms with Gasteiger partial charge in [0.15, 0.2) is 5.11 Å². The summed E-state index contributed by atoms with van der Waals surface area (Å²) in [6, 6.07) is 16.0. The van der Waals surface area contributed by atoms with E-state index in [1.807, 2.05) is 36.4 Å². The van der Waals surface area contributed by atoms with Crippen LogP contribution in [0.15, 0.2) is 65.4 Å². The van der Waals surface area contributed by atoms with Crippen LogP contribution in [0, 0.1) is 0 Å². The number of halogens is 2. The molecule has 0 bridgehead atoms. The SMILES string of the molecule is S=C1NC2=C(CCC/C2=C/c2ccc(Cl)cc2)[C@H](c2ccc(Cl)cc2)N1. The Morgan fingerprint density at radius 2 is 1.58 bits per heavy atom. The number of nitrogens with one attached hydrogen (secondary N) is 2. The van der Waals surface area contributed by atoms with Crippen LogP contribution in [-0.4, -0.2) is 5.11 Å². The standard InChI is InChI=1S/C21H18Cl2N2S/c22-16-8-4-13(5-9-16)12-15-2-1-3-18-19(24-21(26)25-20(15)18)14-6-10-17(23)11-7-14/h4-12,19H,1-3H2,(H2,24,25,26)/b15-12-/t19-/m0/s1. The first kappa shape index (κ1) is 17.6. The fourth-order valence-electron chi connectivity index (χ4n) is 3.59. The maximum Gasteiger partial charge on any atom is 0.171 e. The van der Waals surface area contributed by atoms with Crippen LogP contribution in [0.1, 0.15) is 36.4 Å². The first-order valence-corrected chi connectivity index (χ1v) is 9.79. The topological polar surface area (TPSA) is 24.1 Å². The molecule has 1 heterocycles. The third-order valence-electron chi connectivity index (χ3n) is 4.81. The van der Waals surface area contributed by atoms with Crippen LogP contribution in [0.25, 0.3) is 6.08 Å². The second-order valence-corrected chi connectivity index (χ2v) is 7.84. The van der Waals surface area contributed by atoms with E-state index in [9.17, 15) is 0 Å². The Balaban J connectivity index is 1.75. The zero-order valence-corrected chi connectivity index (χ0v) is 16.4. The van der Waals surface area contributed by atoms with Gasteiger partial charge in [-0.05, 0) is 84.1 Å². The van der Waals surface area contributed by atoms with E-state index in [1.165, 1.54) is 16.7 Å². The second kappa shape index (κ2) is 7.43. The molecule has 1 atom stereocenters. The van der Waals surface area contributed by atoms with Crippen LogP contribution in [0.3, 0.4) is 0 Å². The lowest BCUT2D eigenvalue weighted by Gasteiger charge is -2.36. The Morgan fingerprint density at radius 1 is 0.923 bits per heavy atom. The molecule has 0 fully saturated rings. The third kappa shape index (κ3) is 3.66. The summed E-state index contributed by atoms with van der Waals surface area (Å²) in [7, 11) is 0. The molecule has 2 nitrogen and oxygen atoms in total. The molecule has 2 aromatic carbocycles. The lowest BCUT2D eigenvalue weighted by Crippen LogP contribution is -2.45. The molecule has 4 rings (SSSR count). The Labute approximate surface area is 168 Å². The van der Waals surface area contributed by atoms with Gasteiger partial charge in [-0.3, -0.25) is 0 Å². The predicted molar refractivity (Wildman–Crippen MR) is 113 cm³/mol. The molecule has 5 heteroatoms. The van der Waals surface area contributed by atoms with Crippen LogP contribution in [-0.2, 0) is 0 Å². The molecule has 0 amide bonds. The van der Waals surface area contributed by atoms with E-state index in [0.29, 0.717) is 5.11 Å². The zero-order valence-electron chi connectivity index (χ0n) is 14.1. The van der Waals surface area contributed by atoms with E-state index in [1.54, 1.807) is 0 Å². The van der Waals surface area contributed by atoms with Crippen molar-refractivity contribution in [2.75, 3.05) is 0 Å². The van der Waals surface area contributed by atoms with E-state index in [0.717, 1.165) is 40.6 Å². The molecule has 0 saturated heterocycles. The highest BCUT2D eigenvalue weighted by atomic mass is 35.5. The number of thiocarbonyl (C=S) groups is 1. The van der Waals surface area contributed by atoms with Gasteiger partial charge in [0.25, 0.3) is 0 Å². The van der Waals surface area contributed by atoms with Crippen molar-refractivity contribution < 1.29 is 0 Å². The molecule has 1 aliphatic heterocycles. The fourth-order valence-corrected chi connectivity index (χ4v) is 4.06. The van der Waals surface area contributed by atoms with Gasteiger partial charge < -0.3 is 10.6 Å². The molecule has 0 unspecified atom stereocenters. The normalized spacial score (nSPS) is 21.2. The van der Waals surface area contributed by atoms with E-state index in [4.69, 9.17) is 35.4 Å². The van der Waals surface area contributed by atoms with Crippen molar-refractivity contribution in [2.45, 2.75) is 25.3 Å². The maximum absolute atomic E-state index is 6.05. The molecular weight excluding hydrogens is 383 g/mol. The van der Waals surface area contributed by atoms with E-state index >= 15 is 0 Å². The van der Waals surface area contributed by atoms with Crippen LogP contribution in [0.5, 0.6) is 0 Å². The number of hydrogen-bond donors (Lipinski definition) is 2. The summed E-state index contributed by atoms with van der Waals surface area (Å²) in [5.41, 5.74) is 6.13. The van der Waals surface area contributed by atoms with Gasteiger partial charge >= 0.3 is 0 Å². The molecule has 0 aromatic heterocycles. The Hall–Kier alpha value is -1.81. The predicted octanol–water partition coefficient (Wildman–Crippen LogP) is 6.03. The quantitative estimate of drug-likeness (QED) is 0.601. The van der Waals surface area contributed by atoms with Crippen molar-refractivity contribution in [3.05, 3.63) is 86.5 Å². The van der Waals surface area contributed by atoms with E-state index < -0.39 is 0 Å². The van der Waals surface area contributed by atoms with Crippen LogP contribution in [0.4, 0.5) is 0 Å². The lowest BCUT2D eigenvalue weighted by atomic mass is 9.83. The maximum atomic E-state index is 6.05. The van der Waals surface area contributed by atoms with Crippen LogP contribution < -0.4 is 10.6 Å². The van der Waals surface area contributed by atoms with Crippen molar-refractivity contribution in [2.24, 2.45) is 0 Å². The average Bonchev–Trinajstić information content (AvgIpc) is 2.64. The third-order valence-corrected chi connectivity index (χ3v) is 5.53. The highest BCUT2D eigenvalue weighted by Crippen LogP contribution is 2.38. The van der Waals surface area contributed by atoms with Crippen molar-refractivity contribution in [1.29, 1.82) is 0 Å². The summed E-state index contributed by atoms with van der Waals surface area (Å²) < 4.78 is 0. The highest BCUT2D eigenvalue weighted by molar-refractivity contribution is 7.80. The summed E-state index contributed by atoms with van der Waals surface area (Å²) in [5.74, 6) is 0. The van der Waals surface area contributed by atoms with Crippen LogP contribution >= 0.6 is 35.4 Å². The Morgan fingerprint density at radius 3 is 2.27 bits per heavy atom. The summed E-state index contributed by atoms with van der Waals surface area (Å²) in [6.45, 7) is 0. The second-order valence-electron chi connectivity index (χ2n) is 6.56. The Bertz CT molecular complexity index is 899. The first-order valence-electron chi connectivity index (χ1n) is 8.63. The summed E-state index contributed by atoms with van der Waals surface area (Å²) >= 11 is 17.5. The smallest absolute Gasteiger partial charge is 0.171 e. The van der Waals surface area contributed by atoms with E-state index in [-0.39, 0.29) is 6.04 Å². The number of hydrogen-bond acceptors (Lipinski definition) is 1. The monoisotopic (exact) mass is 400 g/mol. The molecular formula is C21H18Cl2N2S. The average molecular weight is 401 g/mol. The molecule has 2 aliphatic rings. The van der Waals surface area contributed by atoms with Gasteiger partial charge in [-0.2, -0.15) is 0 Å². The largest absolute Gasteiger partial charge is 0.352 e.